The van der Waals surface area contributed by atoms with E-state index < -0.39 is 6.10 Å². The summed E-state index contributed by atoms with van der Waals surface area (Å²) in [4.78, 5) is 0. The molecule has 1 atom stereocenters. The zero-order chi connectivity index (χ0) is 15.5. The largest absolute Gasteiger partial charge is 0.491 e. The number of para-hydroxylation sites is 2. The zero-order valence-electron chi connectivity index (χ0n) is 12.3. The number of rotatable bonds is 5. The Bertz CT molecular complexity index is 768. The number of ether oxygens (including phenoxy) is 1. The molecule has 1 N–H and O–H groups in total. The van der Waals surface area contributed by atoms with E-state index in [0.717, 1.165) is 11.0 Å². The van der Waals surface area contributed by atoms with Crippen LogP contribution >= 0.6 is 0 Å². The van der Waals surface area contributed by atoms with Crippen LogP contribution in [0.15, 0.2) is 54.9 Å². The number of aliphatic hydroxyl groups is 1. The molecule has 4 nitrogen and oxygen atoms in total. The second kappa shape index (κ2) is 6.15. The van der Waals surface area contributed by atoms with Crippen LogP contribution in [-0.4, -0.2) is 22.4 Å². The molecular formula is C17H18FN2O2+. The van der Waals surface area contributed by atoms with E-state index in [-0.39, 0.29) is 12.4 Å². The molecule has 0 spiro atoms. The van der Waals surface area contributed by atoms with E-state index in [2.05, 4.69) is 0 Å². The van der Waals surface area contributed by atoms with E-state index >= 15 is 0 Å². The van der Waals surface area contributed by atoms with Crippen LogP contribution in [0.3, 0.4) is 0 Å². The van der Waals surface area contributed by atoms with Crippen molar-refractivity contribution in [3.63, 3.8) is 0 Å². The number of imidazole rings is 1. The molecular weight excluding hydrogens is 283 g/mol. The highest BCUT2D eigenvalue weighted by atomic mass is 19.1. The first kappa shape index (κ1) is 14.5. The smallest absolute Gasteiger partial charge is 0.244 e. The van der Waals surface area contributed by atoms with Crippen molar-refractivity contribution in [1.29, 1.82) is 0 Å². The lowest BCUT2D eigenvalue weighted by atomic mass is 10.3. The summed E-state index contributed by atoms with van der Waals surface area (Å²) in [5.74, 6) is 0.238. The summed E-state index contributed by atoms with van der Waals surface area (Å²) in [7, 11) is 1.97. The van der Waals surface area contributed by atoms with Gasteiger partial charge in [0.25, 0.3) is 0 Å². The number of hydrogen-bond acceptors (Lipinski definition) is 2. The topological polar surface area (TPSA) is 38.3 Å². The minimum absolute atomic E-state index is 0.155. The van der Waals surface area contributed by atoms with Gasteiger partial charge in [-0.05, 0) is 36.4 Å². The average molecular weight is 301 g/mol. The summed E-state index contributed by atoms with van der Waals surface area (Å²) in [6.45, 7) is 0.588. The molecule has 3 aromatic rings. The molecule has 1 heterocycles. The van der Waals surface area contributed by atoms with Crippen LogP contribution in [0.5, 0.6) is 5.75 Å². The molecule has 0 bridgehead atoms. The minimum Gasteiger partial charge on any atom is -0.491 e. The summed E-state index contributed by atoms with van der Waals surface area (Å²) >= 11 is 0. The lowest BCUT2D eigenvalue weighted by Crippen LogP contribution is -2.27. The lowest BCUT2D eigenvalue weighted by molar-refractivity contribution is -0.645. The maximum Gasteiger partial charge on any atom is 0.244 e. The van der Waals surface area contributed by atoms with Crippen molar-refractivity contribution in [2.45, 2.75) is 12.6 Å². The van der Waals surface area contributed by atoms with Crippen molar-refractivity contribution in [3.8, 4) is 5.75 Å². The fraction of sp³-hybridized carbons (Fsp3) is 0.235. The predicted molar refractivity (Wildman–Crippen MR) is 81.0 cm³/mol. The molecule has 2 aromatic carbocycles. The van der Waals surface area contributed by atoms with Gasteiger partial charge in [0.05, 0.1) is 7.05 Å². The Kier molecular flexibility index (Phi) is 4.06. The summed E-state index contributed by atoms with van der Waals surface area (Å²) in [5, 5.41) is 10.2. The molecule has 5 heteroatoms. The van der Waals surface area contributed by atoms with Gasteiger partial charge < -0.3 is 9.84 Å². The summed E-state index contributed by atoms with van der Waals surface area (Å²) in [6.07, 6.45) is 1.30. The van der Waals surface area contributed by atoms with Gasteiger partial charge in [-0.2, -0.15) is 0 Å². The number of halogens is 1. The van der Waals surface area contributed by atoms with Crippen LogP contribution in [0, 0.1) is 5.82 Å². The number of aryl methyl sites for hydroxylation is 1. The van der Waals surface area contributed by atoms with E-state index in [1.165, 1.54) is 12.1 Å². The second-order valence-corrected chi connectivity index (χ2v) is 5.29. The fourth-order valence-corrected chi connectivity index (χ4v) is 2.49. The number of aromatic nitrogens is 2. The molecule has 0 aliphatic carbocycles. The number of nitrogens with zero attached hydrogens (tertiary/aromatic N) is 2. The van der Waals surface area contributed by atoms with Crippen LogP contribution in [0.1, 0.15) is 0 Å². The summed E-state index contributed by atoms with van der Waals surface area (Å²) in [5.41, 5.74) is 2.17. The van der Waals surface area contributed by atoms with Gasteiger partial charge in [-0.3, -0.25) is 0 Å². The Morgan fingerprint density at radius 3 is 2.68 bits per heavy atom. The molecule has 0 unspecified atom stereocenters. The van der Waals surface area contributed by atoms with E-state index in [1.54, 1.807) is 12.1 Å². The number of aliphatic hydroxyl groups excluding tert-OH is 1. The standard InChI is InChI=1S/C17H18FN2O2/c1-19-12-20(17-5-3-2-4-16(17)19)10-14(21)11-22-15-8-6-13(18)7-9-15/h2-9,12,14,21H,10-11H2,1H3/q+1/t14-/m1/s1. The first-order chi connectivity index (χ1) is 10.6. The normalized spacial score (nSPS) is 12.5. The molecule has 1 aromatic heterocycles. The Hall–Kier alpha value is -2.40. The average Bonchev–Trinajstić information content (AvgIpc) is 2.83. The van der Waals surface area contributed by atoms with Gasteiger partial charge in [-0.1, -0.05) is 12.1 Å². The SMILES string of the molecule is C[n+]1cn(C[C@@H](O)COc2ccc(F)cc2)c2ccccc21. The second-order valence-electron chi connectivity index (χ2n) is 5.29. The minimum atomic E-state index is -0.652. The molecule has 0 radical (unpaired) electrons. The molecule has 22 heavy (non-hydrogen) atoms. The molecule has 0 amide bonds. The molecule has 3 rings (SSSR count). The molecule has 0 saturated carbocycles. The Morgan fingerprint density at radius 2 is 1.91 bits per heavy atom. The van der Waals surface area contributed by atoms with E-state index in [4.69, 9.17) is 4.74 Å². The van der Waals surface area contributed by atoms with Crippen molar-refractivity contribution in [1.82, 2.24) is 4.57 Å². The van der Waals surface area contributed by atoms with Gasteiger partial charge in [0.15, 0.2) is 11.0 Å². The Morgan fingerprint density at radius 1 is 1.18 bits per heavy atom. The molecule has 0 saturated heterocycles. The molecule has 0 aliphatic rings. The van der Waals surface area contributed by atoms with Crippen LogP contribution in [0.4, 0.5) is 4.39 Å². The van der Waals surface area contributed by atoms with Crippen LogP contribution < -0.4 is 9.30 Å². The molecule has 114 valence electrons. The number of fused-ring (bicyclic) bond motifs is 1. The van der Waals surface area contributed by atoms with Crippen molar-refractivity contribution in [2.75, 3.05) is 6.61 Å². The molecule has 0 fully saturated rings. The van der Waals surface area contributed by atoms with E-state index in [9.17, 15) is 9.50 Å². The van der Waals surface area contributed by atoms with Gasteiger partial charge in [0.2, 0.25) is 6.33 Å². The van der Waals surface area contributed by atoms with Crippen LogP contribution in [0.2, 0.25) is 0 Å². The Labute approximate surface area is 128 Å². The van der Waals surface area contributed by atoms with Crippen molar-refractivity contribution < 1.29 is 18.8 Å². The van der Waals surface area contributed by atoms with E-state index in [0.29, 0.717) is 12.3 Å². The highest BCUT2D eigenvalue weighted by Gasteiger charge is 2.16. The van der Waals surface area contributed by atoms with E-state index in [1.807, 2.05) is 46.8 Å². The molecule has 0 aliphatic heterocycles. The third-order valence-corrected chi connectivity index (χ3v) is 3.55. The monoisotopic (exact) mass is 301 g/mol. The summed E-state index contributed by atoms with van der Waals surface area (Å²) < 4.78 is 22.3. The number of benzene rings is 2. The van der Waals surface area contributed by atoms with Gasteiger partial charge in [0, 0.05) is 0 Å². The summed E-state index contributed by atoms with van der Waals surface area (Å²) in [6, 6.07) is 13.8. The van der Waals surface area contributed by atoms with Crippen molar-refractivity contribution >= 4 is 11.0 Å². The third kappa shape index (κ3) is 3.09. The van der Waals surface area contributed by atoms with Gasteiger partial charge in [-0.25, -0.2) is 13.5 Å². The zero-order valence-corrected chi connectivity index (χ0v) is 12.3. The highest BCUT2D eigenvalue weighted by molar-refractivity contribution is 5.71. The van der Waals surface area contributed by atoms with Crippen molar-refractivity contribution in [2.24, 2.45) is 7.05 Å². The quantitative estimate of drug-likeness (QED) is 0.733. The highest BCUT2D eigenvalue weighted by Crippen LogP contribution is 2.13. The first-order valence-corrected chi connectivity index (χ1v) is 7.13. The maximum atomic E-state index is 12.8. The predicted octanol–water partition coefficient (Wildman–Crippen LogP) is 2.04. The van der Waals surface area contributed by atoms with Gasteiger partial charge in [-0.15, -0.1) is 0 Å². The van der Waals surface area contributed by atoms with Crippen LogP contribution in [-0.2, 0) is 13.6 Å². The van der Waals surface area contributed by atoms with Crippen LogP contribution in [0.25, 0.3) is 11.0 Å². The Balaban J connectivity index is 1.65. The fourth-order valence-electron chi connectivity index (χ4n) is 2.49. The van der Waals surface area contributed by atoms with Gasteiger partial charge in [0.1, 0.15) is 30.8 Å². The number of hydrogen-bond donors (Lipinski definition) is 1. The third-order valence-electron chi connectivity index (χ3n) is 3.55. The van der Waals surface area contributed by atoms with Crippen molar-refractivity contribution in [3.05, 3.63) is 60.7 Å². The first-order valence-electron chi connectivity index (χ1n) is 7.13. The van der Waals surface area contributed by atoms with Gasteiger partial charge >= 0.3 is 0 Å². The maximum absolute atomic E-state index is 12.8. The lowest BCUT2D eigenvalue weighted by Gasteiger charge is -2.10.